The normalized spacial score (nSPS) is 11.2. The van der Waals surface area contributed by atoms with E-state index in [1.54, 1.807) is 0 Å². The fourth-order valence-corrected chi connectivity index (χ4v) is 4.72. The molecule has 0 bridgehead atoms. The number of hydrogen-bond acceptors (Lipinski definition) is 1. The molecule has 1 nitrogen and oxygen atoms in total. The van der Waals surface area contributed by atoms with Gasteiger partial charge in [-0.1, -0.05) is 0 Å². The summed E-state index contributed by atoms with van der Waals surface area (Å²) in [6.07, 6.45) is 2.29. The van der Waals surface area contributed by atoms with Crippen LogP contribution in [0, 0.1) is 0 Å². The van der Waals surface area contributed by atoms with Crippen molar-refractivity contribution in [3.8, 4) is 0 Å². The van der Waals surface area contributed by atoms with Crippen LogP contribution in [0.4, 0.5) is 5.69 Å². The molecular weight excluding hydrogens is 374 g/mol. The van der Waals surface area contributed by atoms with Crippen molar-refractivity contribution in [2.75, 3.05) is 0 Å². The first-order valence-electron chi connectivity index (χ1n) is 8.84. The van der Waals surface area contributed by atoms with Gasteiger partial charge in [-0.25, -0.2) is 0 Å². The molecule has 2 rings (SSSR count). The number of hydrogen-bond donors (Lipinski definition) is 0. The minimum absolute atomic E-state index is 0.0880. The molecule has 0 unspecified atom stereocenters. The van der Waals surface area contributed by atoms with Crippen molar-refractivity contribution in [2.24, 2.45) is 3.50 Å². The van der Waals surface area contributed by atoms with Crippen molar-refractivity contribution in [3.05, 3.63) is 65.2 Å². The third-order valence-electron chi connectivity index (χ3n) is 4.30. The molecule has 0 aliphatic rings. The number of nitrogens with zero attached hydrogens (tertiary/aromatic N) is 1. The number of benzene rings is 2. The predicted molar refractivity (Wildman–Crippen MR) is 102 cm³/mol. The van der Waals surface area contributed by atoms with E-state index >= 15 is 0 Å². The van der Waals surface area contributed by atoms with Crippen molar-refractivity contribution in [3.63, 3.8) is 0 Å². The van der Waals surface area contributed by atoms with Crippen LogP contribution in [0.15, 0.2) is 52.0 Å². The van der Waals surface area contributed by atoms with Crippen LogP contribution in [-0.2, 0) is 29.8 Å². The van der Waals surface area contributed by atoms with E-state index < -0.39 is 17.9 Å². The molecule has 0 aliphatic carbocycles. The maximum absolute atomic E-state index is 5.13. The summed E-state index contributed by atoms with van der Waals surface area (Å²) in [7, 11) is 0. The molecule has 2 aromatic rings. The molecule has 24 heavy (non-hydrogen) atoms. The van der Waals surface area contributed by atoms with Gasteiger partial charge in [0.05, 0.1) is 0 Å². The van der Waals surface area contributed by atoms with Crippen molar-refractivity contribution in [2.45, 2.75) is 58.8 Å². The van der Waals surface area contributed by atoms with Gasteiger partial charge in [0.25, 0.3) is 0 Å². The van der Waals surface area contributed by atoms with Gasteiger partial charge in [-0.3, -0.25) is 0 Å². The summed E-state index contributed by atoms with van der Waals surface area (Å²) in [6, 6.07) is 17.4. The summed E-state index contributed by atoms with van der Waals surface area (Å²) >= 11 is -0.538. The van der Waals surface area contributed by atoms with Crippen LogP contribution in [0.2, 0.25) is 0 Å². The molecule has 0 aromatic heterocycles. The molecule has 0 heterocycles. The predicted octanol–water partition coefficient (Wildman–Crippen LogP) is 6.44. The topological polar surface area (TPSA) is 12.4 Å². The van der Waals surface area contributed by atoms with Gasteiger partial charge >= 0.3 is 156 Å². The zero-order valence-corrected chi connectivity index (χ0v) is 17.6. The molecule has 126 valence electrons. The van der Waals surface area contributed by atoms with Gasteiger partial charge in [0, 0.05) is 0 Å². The second-order valence-electron chi connectivity index (χ2n) is 7.16. The first-order valence-corrected chi connectivity index (χ1v) is 10.9. The standard InChI is InChI=1S/C12H17N.C10H12.Mo/c1-4-6-10-7-5-8-11(9(2)3)12(10)13;1-10(2,3)9-7-5-4-6-8-9;/h5,7-9H,4,6H2,1-3H3;1,4-8H,2-3H3;/q;;+2. The van der Waals surface area contributed by atoms with Crippen LogP contribution in [0.1, 0.15) is 63.6 Å². The molecule has 0 N–H and O–H groups in total. The van der Waals surface area contributed by atoms with Crippen molar-refractivity contribution in [1.82, 2.24) is 0 Å². The van der Waals surface area contributed by atoms with Crippen LogP contribution in [0.5, 0.6) is 0 Å². The fourth-order valence-electron chi connectivity index (χ4n) is 2.81. The molecule has 2 heteroatoms. The summed E-state index contributed by atoms with van der Waals surface area (Å²) in [5.74, 6) is 0.523. The molecule has 0 saturated carbocycles. The summed E-state index contributed by atoms with van der Waals surface area (Å²) in [4.78, 5) is 0. The third kappa shape index (κ3) is 4.90. The first kappa shape index (κ1) is 19.1. The van der Waals surface area contributed by atoms with E-state index in [1.165, 1.54) is 28.8 Å². The average molecular weight is 403 g/mol. The van der Waals surface area contributed by atoms with Crippen LogP contribution in [-0.4, -0.2) is 4.40 Å². The average Bonchev–Trinajstić information content (AvgIpc) is 2.57. The second-order valence-corrected chi connectivity index (χ2v) is 8.71. The van der Waals surface area contributed by atoms with E-state index in [0.29, 0.717) is 5.92 Å². The minimum atomic E-state index is -0.538. The van der Waals surface area contributed by atoms with Crippen LogP contribution >= 0.6 is 0 Å². The molecule has 0 atom stereocenters. The Kier molecular flexibility index (Phi) is 6.99. The molecular formula is C22H29MoN+2. The van der Waals surface area contributed by atoms with E-state index in [0.717, 1.165) is 6.42 Å². The van der Waals surface area contributed by atoms with Gasteiger partial charge in [0.1, 0.15) is 0 Å². The van der Waals surface area contributed by atoms with Gasteiger partial charge in [-0.15, -0.1) is 0 Å². The number of aryl methyl sites for hydroxylation is 1. The Morgan fingerprint density at radius 2 is 1.75 bits per heavy atom. The summed E-state index contributed by atoms with van der Waals surface area (Å²) < 4.78 is 7.59. The Balaban J connectivity index is 2.40. The van der Waals surface area contributed by atoms with E-state index in [4.69, 9.17) is 3.50 Å². The fraction of sp³-hybridized carbons (Fsp3) is 0.409. The van der Waals surface area contributed by atoms with Crippen LogP contribution < -0.4 is 0 Å². The SMILES string of the molecule is CCCc1cccc(C(C)C)c1[N]=[Mo+2]=[CH]C(C)(C)c1ccccc1. The Hall–Kier alpha value is -1.20. The molecule has 0 fully saturated rings. The quantitative estimate of drug-likeness (QED) is 0.492. The Labute approximate surface area is 155 Å². The monoisotopic (exact) mass is 405 g/mol. The van der Waals surface area contributed by atoms with Gasteiger partial charge in [0.2, 0.25) is 0 Å². The van der Waals surface area contributed by atoms with Gasteiger partial charge in [0.15, 0.2) is 0 Å². The van der Waals surface area contributed by atoms with E-state index in [1.807, 2.05) is 0 Å². The zero-order chi connectivity index (χ0) is 17.6. The zero-order valence-electron chi connectivity index (χ0n) is 15.5. The maximum atomic E-state index is 5.13. The van der Waals surface area contributed by atoms with Crippen molar-refractivity contribution >= 4 is 10.1 Å². The second kappa shape index (κ2) is 8.77. The summed E-state index contributed by atoms with van der Waals surface area (Å²) in [6.45, 7) is 11.4. The van der Waals surface area contributed by atoms with Crippen LogP contribution in [0.3, 0.4) is 0 Å². The van der Waals surface area contributed by atoms with Crippen molar-refractivity contribution in [1.29, 1.82) is 0 Å². The summed E-state index contributed by atoms with van der Waals surface area (Å²) in [5.41, 5.74) is 5.55. The number of rotatable bonds is 6. The van der Waals surface area contributed by atoms with Crippen LogP contribution in [0.25, 0.3) is 0 Å². The Bertz CT molecular complexity index is 723. The molecule has 0 aliphatic heterocycles. The molecule has 0 amide bonds. The first-order chi connectivity index (χ1) is 11.5. The van der Waals surface area contributed by atoms with E-state index in [2.05, 4.69) is 87.6 Å². The summed E-state index contributed by atoms with van der Waals surface area (Å²) in [5, 5.41) is 0. The molecule has 0 spiro atoms. The van der Waals surface area contributed by atoms with Gasteiger partial charge in [-0.2, -0.15) is 0 Å². The Morgan fingerprint density at radius 3 is 2.38 bits per heavy atom. The third-order valence-corrected chi connectivity index (χ3v) is 6.72. The molecule has 0 radical (unpaired) electrons. The Morgan fingerprint density at radius 1 is 1.04 bits per heavy atom. The molecule has 0 saturated heterocycles. The van der Waals surface area contributed by atoms with Crippen molar-refractivity contribution < 1.29 is 17.9 Å². The van der Waals surface area contributed by atoms with Gasteiger partial charge in [-0.05, 0) is 0 Å². The van der Waals surface area contributed by atoms with E-state index in [-0.39, 0.29) is 5.41 Å². The van der Waals surface area contributed by atoms with E-state index in [9.17, 15) is 0 Å². The molecule has 2 aromatic carbocycles. The van der Waals surface area contributed by atoms with Gasteiger partial charge < -0.3 is 0 Å².